The van der Waals surface area contributed by atoms with Gasteiger partial charge in [-0.25, -0.2) is 4.98 Å². The molecule has 4 aromatic rings. The van der Waals surface area contributed by atoms with E-state index >= 15 is 0 Å². The number of H-pyrrole nitrogens is 1. The van der Waals surface area contributed by atoms with Crippen molar-refractivity contribution in [2.75, 3.05) is 7.11 Å². The second-order valence-electron chi connectivity index (χ2n) is 5.59. The predicted octanol–water partition coefficient (Wildman–Crippen LogP) is 5.55. The summed E-state index contributed by atoms with van der Waals surface area (Å²) >= 11 is 6.08. The van der Waals surface area contributed by atoms with Crippen LogP contribution < -0.4 is 4.74 Å². The van der Waals surface area contributed by atoms with Gasteiger partial charge in [0.15, 0.2) is 0 Å². The first-order valence-electron chi connectivity index (χ1n) is 7.62. The lowest BCUT2D eigenvalue weighted by molar-refractivity contribution is 0.415. The maximum Gasteiger partial charge on any atom is 0.138 e. The average Bonchev–Trinajstić information content (AvgIpc) is 2.97. The summed E-state index contributed by atoms with van der Waals surface area (Å²) in [6, 6.07) is 16.2. The maximum absolute atomic E-state index is 6.08. The zero-order valence-corrected chi connectivity index (χ0v) is 13.8. The largest absolute Gasteiger partial charge is 0.497 e. The summed E-state index contributed by atoms with van der Waals surface area (Å²) in [6.45, 7) is 0. The van der Waals surface area contributed by atoms with E-state index in [2.05, 4.69) is 40.3 Å². The van der Waals surface area contributed by atoms with Gasteiger partial charge in [-0.05, 0) is 41.5 Å². The fourth-order valence-corrected chi connectivity index (χ4v) is 2.93. The van der Waals surface area contributed by atoms with E-state index < -0.39 is 0 Å². The number of ether oxygens (including phenoxy) is 1. The number of pyridine rings is 1. The van der Waals surface area contributed by atoms with Crippen molar-refractivity contribution in [3.05, 3.63) is 70.9 Å². The molecule has 1 N–H and O–H groups in total. The lowest BCUT2D eigenvalue weighted by Gasteiger charge is -1.99. The summed E-state index contributed by atoms with van der Waals surface area (Å²) in [5.41, 5.74) is 4.16. The number of nitrogens with one attached hydrogen (secondary N) is 1. The Kier molecular flexibility index (Phi) is 3.71. The van der Waals surface area contributed by atoms with Gasteiger partial charge in [0.1, 0.15) is 11.4 Å². The van der Waals surface area contributed by atoms with Gasteiger partial charge in [-0.3, -0.25) is 0 Å². The van der Waals surface area contributed by atoms with Crippen LogP contribution in [0.3, 0.4) is 0 Å². The number of hydrogen-bond acceptors (Lipinski definition) is 2. The second-order valence-corrected chi connectivity index (χ2v) is 6.02. The molecule has 0 aliphatic rings. The molecule has 0 unspecified atom stereocenters. The van der Waals surface area contributed by atoms with Crippen molar-refractivity contribution in [1.82, 2.24) is 9.97 Å². The van der Waals surface area contributed by atoms with Crippen molar-refractivity contribution in [2.45, 2.75) is 0 Å². The summed E-state index contributed by atoms with van der Waals surface area (Å²) in [5.74, 6) is 0.858. The molecule has 4 heteroatoms. The van der Waals surface area contributed by atoms with Crippen LogP contribution in [0.1, 0.15) is 11.1 Å². The molecule has 4 rings (SSSR count). The van der Waals surface area contributed by atoms with E-state index in [1.165, 1.54) is 0 Å². The number of aromatic nitrogens is 2. The van der Waals surface area contributed by atoms with Crippen molar-refractivity contribution in [3.8, 4) is 5.75 Å². The number of hydrogen-bond donors (Lipinski definition) is 1. The third-order valence-corrected chi connectivity index (χ3v) is 4.23. The number of rotatable bonds is 3. The average molecular weight is 335 g/mol. The van der Waals surface area contributed by atoms with E-state index in [-0.39, 0.29) is 0 Å². The summed E-state index contributed by atoms with van der Waals surface area (Å²) < 4.78 is 5.18. The van der Waals surface area contributed by atoms with Gasteiger partial charge in [0.2, 0.25) is 0 Å². The molecule has 0 fully saturated rings. The third-order valence-electron chi connectivity index (χ3n) is 4.03. The molecular weight excluding hydrogens is 320 g/mol. The molecule has 0 spiro atoms. The van der Waals surface area contributed by atoms with Crippen molar-refractivity contribution >= 4 is 45.7 Å². The highest BCUT2D eigenvalue weighted by molar-refractivity contribution is 6.31. The number of halogens is 1. The molecule has 3 nitrogen and oxygen atoms in total. The van der Waals surface area contributed by atoms with Crippen molar-refractivity contribution in [2.24, 2.45) is 0 Å². The van der Waals surface area contributed by atoms with E-state index in [9.17, 15) is 0 Å². The Labute approximate surface area is 144 Å². The van der Waals surface area contributed by atoms with Crippen LogP contribution in [-0.4, -0.2) is 17.1 Å². The SMILES string of the molecule is COc1ccc(/C=C/c2ccc3[nH]c4ncc(Cl)cc4c3c2)cc1. The number of aromatic amines is 1. The molecule has 2 heterocycles. The second kappa shape index (κ2) is 6.02. The molecule has 2 aromatic heterocycles. The first kappa shape index (κ1) is 14.8. The molecule has 118 valence electrons. The van der Waals surface area contributed by atoms with Gasteiger partial charge in [-0.15, -0.1) is 0 Å². The Morgan fingerprint density at radius 3 is 2.50 bits per heavy atom. The Balaban J connectivity index is 1.72. The Hall–Kier alpha value is -2.78. The highest BCUT2D eigenvalue weighted by atomic mass is 35.5. The van der Waals surface area contributed by atoms with E-state index in [1.54, 1.807) is 13.3 Å². The smallest absolute Gasteiger partial charge is 0.138 e. The molecule has 0 atom stereocenters. The fourth-order valence-electron chi connectivity index (χ4n) is 2.78. The minimum atomic E-state index is 0.641. The molecular formula is C20H15ClN2O. The molecule has 2 aromatic carbocycles. The highest BCUT2D eigenvalue weighted by Crippen LogP contribution is 2.27. The molecule has 24 heavy (non-hydrogen) atoms. The molecule has 0 amide bonds. The number of methoxy groups -OCH3 is 1. The van der Waals surface area contributed by atoms with E-state index in [0.717, 1.165) is 38.8 Å². The zero-order valence-electron chi connectivity index (χ0n) is 13.1. The van der Waals surface area contributed by atoms with Crippen molar-refractivity contribution < 1.29 is 4.74 Å². The van der Waals surface area contributed by atoms with E-state index in [4.69, 9.17) is 16.3 Å². The standard InChI is InChI=1S/C20H15ClN2O/c1-24-16-7-4-13(5-8-16)2-3-14-6-9-19-17(10-14)18-11-15(21)12-22-20(18)23-19/h2-12H,1H3,(H,22,23)/b3-2+. The summed E-state index contributed by atoms with van der Waals surface area (Å²) in [7, 11) is 1.67. The first-order valence-corrected chi connectivity index (χ1v) is 8.00. The number of benzene rings is 2. The van der Waals surface area contributed by atoms with Gasteiger partial charge < -0.3 is 9.72 Å². The van der Waals surface area contributed by atoms with Crippen LogP contribution in [0, 0.1) is 0 Å². The van der Waals surface area contributed by atoms with Gasteiger partial charge in [0, 0.05) is 22.5 Å². The van der Waals surface area contributed by atoms with Crippen molar-refractivity contribution in [1.29, 1.82) is 0 Å². The molecule has 0 saturated heterocycles. The van der Waals surface area contributed by atoms with Crippen LogP contribution in [0.4, 0.5) is 0 Å². The monoisotopic (exact) mass is 334 g/mol. The highest BCUT2D eigenvalue weighted by Gasteiger charge is 2.06. The van der Waals surface area contributed by atoms with Gasteiger partial charge in [0.05, 0.1) is 12.1 Å². The van der Waals surface area contributed by atoms with Crippen molar-refractivity contribution in [3.63, 3.8) is 0 Å². The summed E-state index contributed by atoms with van der Waals surface area (Å²) in [5, 5.41) is 2.80. The maximum atomic E-state index is 6.08. The number of nitrogens with zero attached hydrogens (tertiary/aromatic N) is 1. The van der Waals surface area contributed by atoms with Crippen LogP contribution in [0.2, 0.25) is 5.02 Å². The van der Waals surface area contributed by atoms with Gasteiger partial charge in [-0.1, -0.05) is 42.0 Å². The first-order chi connectivity index (χ1) is 11.7. The minimum absolute atomic E-state index is 0.641. The van der Waals surface area contributed by atoms with Crippen LogP contribution in [-0.2, 0) is 0 Å². The van der Waals surface area contributed by atoms with Crippen LogP contribution in [0.15, 0.2) is 54.7 Å². The molecule has 0 aliphatic heterocycles. The lowest BCUT2D eigenvalue weighted by atomic mass is 10.1. The topological polar surface area (TPSA) is 37.9 Å². The Morgan fingerprint density at radius 1 is 0.958 bits per heavy atom. The van der Waals surface area contributed by atoms with Crippen LogP contribution >= 0.6 is 11.6 Å². The molecule has 0 saturated carbocycles. The molecule has 0 bridgehead atoms. The van der Waals surface area contributed by atoms with Gasteiger partial charge in [0.25, 0.3) is 0 Å². The van der Waals surface area contributed by atoms with Crippen LogP contribution in [0.5, 0.6) is 5.75 Å². The summed E-state index contributed by atoms with van der Waals surface area (Å²) in [4.78, 5) is 7.65. The summed E-state index contributed by atoms with van der Waals surface area (Å²) in [6.07, 6.45) is 5.84. The van der Waals surface area contributed by atoms with Gasteiger partial charge in [-0.2, -0.15) is 0 Å². The zero-order chi connectivity index (χ0) is 16.5. The Morgan fingerprint density at radius 2 is 1.71 bits per heavy atom. The molecule has 0 radical (unpaired) electrons. The van der Waals surface area contributed by atoms with E-state index in [0.29, 0.717) is 5.02 Å². The fraction of sp³-hybridized carbons (Fsp3) is 0.0500. The van der Waals surface area contributed by atoms with E-state index in [1.807, 2.05) is 30.3 Å². The minimum Gasteiger partial charge on any atom is -0.497 e. The lowest BCUT2D eigenvalue weighted by Crippen LogP contribution is -1.81. The third kappa shape index (κ3) is 2.74. The Bertz CT molecular complexity index is 1050. The predicted molar refractivity (Wildman–Crippen MR) is 101 cm³/mol. The number of fused-ring (bicyclic) bond motifs is 3. The quantitative estimate of drug-likeness (QED) is 0.499. The van der Waals surface area contributed by atoms with Gasteiger partial charge >= 0.3 is 0 Å². The van der Waals surface area contributed by atoms with Crippen LogP contribution in [0.25, 0.3) is 34.1 Å². The molecule has 0 aliphatic carbocycles. The normalized spacial score (nSPS) is 11.6.